The van der Waals surface area contributed by atoms with Gasteiger partial charge in [0.05, 0.1) is 4.90 Å². The molecule has 0 aliphatic rings. The van der Waals surface area contributed by atoms with Gasteiger partial charge in [-0.25, -0.2) is 8.42 Å². The van der Waals surface area contributed by atoms with Gasteiger partial charge in [0.1, 0.15) is 5.75 Å². The van der Waals surface area contributed by atoms with Crippen molar-refractivity contribution in [1.82, 2.24) is 0 Å². The van der Waals surface area contributed by atoms with E-state index in [1.54, 1.807) is 0 Å². The number of carbonyl (C=O) groups is 1. The third-order valence-corrected chi connectivity index (χ3v) is 3.64. The number of aromatic hydroxyl groups is 1. The number of hydrogen-bond donors (Lipinski definition) is 3. The molecule has 4 N–H and O–H groups in total. The number of carboxylic acid groups (broad SMARTS) is 1. The van der Waals surface area contributed by atoms with E-state index in [0.717, 1.165) is 6.26 Å². The minimum atomic E-state index is -3.53. The summed E-state index contributed by atoms with van der Waals surface area (Å²) in [5.41, 5.74) is 5.82. The predicted molar refractivity (Wildman–Crippen MR) is 65.0 cm³/mol. The van der Waals surface area contributed by atoms with Crippen LogP contribution in [0.5, 0.6) is 5.75 Å². The van der Waals surface area contributed by atoms with Crippen LogP contribution >= 0.6 is 0 Å². The molecule has 0 aromatic heterocycles. The van der Waals surface area contributed by atoms with Gasteiger partial charge in [-0.15, -0.1) is 0 Å². The highest BCUT2D eigenvalue weighted by Gasteiger charge is 2.21. The Morgan fingerprint density at radius 1 is 1.44 bits per heavy atom. The van der Waals surface area contributed by atoms with Gasteiger partial charge in [-0.05, 0) is 18.6 Å². The molecule has 100 valence electrons. The molecule has 0 radical (unpaired) electrons. The molecule has 7 heteroatoms. The Balaban J connectivity index is 3.18. The summed E-state index contributed by atoms with van der Waals surface area (Å²) < 4.78 is 23.1. The van der Waals surface area contributed by atoms with Crippen LogP contribution in [0.25, 0.3) is 0 Å². The van der Waals surface area contributed by atoms with Crippen molar-refractivity contribution in [2.24, 2.45) is 5.73 Å². The van der Waals surface area contributed by atoms with E-state index >= 15 is 0 Å². The Morgan fingerprint density at radius 2 is 2.06 bits per heavy atom. The molecular formula is C11H15NO5S. The number of phenols is 1. The van der Waals surface area contributed by atoms with Crippen molar-refractivity contribution in [1.29, 1.82) is 0 Å². The molecule has 1 aromatic rings. The number of carboxylic acids is 1. The van der Waals surface area contributed by atoms with Gasteiger partial charge < -0.3 is 15.9 Å². The van der Waals surface area contributed by atoms with Crippen LogP contribution in [0.1, 0.15) is 24.4 Å². The maximum atomic E-state index is 11.6. The molecule has 0 fully saturated rings. The average molecular weight is 273 g/mol. The first-order chi connectivity index (χ1) is 8.23. The molecule has 1 rings (SSSR count). The summed E-state index contributed by atoms with van der Waals surface area (Å²) in [6.07, 6.45) is 0.864. The molecular weight excluding hydrogens is 258 g/mol. The SMILES string of the molecule is CS(=O)(=O)c1cccc(O)c1C(N)CCC(=O)O. The average Bonchev–Trinajstić information content (AvgIpc) is 2.24. The van der Waals surface area contributed by atoms with Crippen molar-refractivity contribution in [3.05, 3.63) is 23.8 Å². The Morgan fingerprint density at radius 3 is 2.56 bits per heavy atom. The van der Waals surface area contributed by atoms with Crippen LogP contribution in [0.2, 0.25) is 0 Å². The molecule has 0 bridgehead atoms. The lowest BCUT2D eigenvalue weighted by atomic mass is 10.0. The van der Waals surface area contributed by atoms with Gasteiger partial charge in [0.25, 0.3) is 0 Å². The molecule has 0 amide bonds. The van der Waals surface area contributed by atoms with Gasteiger partial charge in [0.15, 0.2) is 9.84 Å². The Hall–Kier alpha value is -1.60. The van der Waals surface area contributed by atoms with Gasteiger partial charge in [-0.2, -0.15) is 0 Å². The number of benzene rings is 1. The lowest BCUT2D eigenvalue weighted by Crippen LogP contribution is -2.16. The first-order valence-corrected chi connectivity index (χ1v) is 7.12. The van der Waals surface area contributed by atoms with Crippen LogP contribution in [0.3, 0.4) is 0 Å². The van der Waals surface area contributed by atoms with Gasteiger partial charge in [-0.1, -0.05) is 6.07 Å². The van der Waals surface area contributed by atoms with Gasteiger partial charge in [0, 0.05) is 24.3 Å². The van der Waals surface area contributed by atoms with Crippen LogP contribution in [0.4, 0.5) is 0 Å². The molecule has 0 aliphatic heterocycles. The van der Waals surface area contributed by atoms with Crippen LogP contribution in [0, 0.1) is 0 Å². The number of aliphatic carboxylic acids is 1. The first kappa shape index (κ1) is 14.5. The third-order valence-electron chi connectivity index (χ3n) is 2.48. The molecule has 1 atom stereocenters. The second-order valence-corrected chi connectivity index (χ2v) is 5.98. The molecule has 1 aromatic carbocycles. The van der Waals surface area contributed by atoms with Crippen LogP contribution < -0.4 is 5.73 Å². The molecule has 0 aliphatic carbocycles. The molecule has 0 heterocycles. The summed E-state index contributed by atoms with van der Waals surface area (Å²) in [5, 5.41) is 18.3. The van der Waals surface area contributed by atoms with E-state index in [-0.39, 0.29) is 29.1 Å². The Bertz CT molecular complexity index is 553. The number of phenolic OH excluding ortho intramolecular Hbond substituents is 1. The standard InChI is InChI=1S/C11H15NO5S/c1-18(16,17)9-4-2-3-8(13)11(9)7(12)5-6-10(14)15/h2-4,7,13H,5-6,12H2,1H3,(H,14,15). The zero-order valence-corrected chi connectivity index (χ0v) is 10.6. The normalized spacial score (nSPS) is 13.2. The van der Waals surface area contributed by atoms with E-state index in [2.05, 4.69) is 0 Å². The summed E-state index contributed by atoms with van der Waals surface area (Å²) in [5.74, 6) is -1.27. The maximum absolute atomic E-state index is 11.6. The summed E-state index contributed by atoms with van der Waals surface area (Å²) in [6, 6.07) is 3.22. The number of sulfone groups is 1. The molecule has 18 heavy (non-hydrogen) atoms. The Kier molecular flexibility index (Phi) is 4.31. The monoisotopic (exact) mass is 273 g/mol. The summed E-state index contributed by atoms with van der Waals surface area (Å²) in [6.45, 7) is 0. The van der Waals surface area contributed by atoms with Crippen molar-refractivity contribution >= 4 is 15.8 Å². The van der Waals surface area contributed by atoms with Crippen LogP contribution in [-0.4, -0.2) is 30.9 Å². The minimum absolute atomic E-state index is 0.0510. The third kappa shape index (κ3) is 3.44. The topological polar surface area (TPSA) is 118 Å². The highest BCUT2D eigenvalue weighted by molar-refractivity contribution is 7.90. The smallest absolute Gasteiger partial charge is 0.303 e. The molecule has 0 spiro atoms. The van der Waals surface area contributed by atoms with E-state index in [1.165, 1.54) is 18.2 Å². The zero-order valence-electron chi connectivity index (χ0n) is 9.83. The van der Waals surface area contributed by atoms with E-state index in [0.29, 0.717) is 0 Å². The molecule has 1 unspecified atom stereocenters. The summed E-state index contributed by atoms with van der Waals surface area (Å²) in [4.78, 5) is 10.4. The maximum Gasteiger partial charge on any atom is 0.303 e. The summed E-state index contributed by atoms with van der Waals surface area (Å²) >= 11 is 0. The lowest BCUT2D eigenvalue weighted by Gasteiger charge is -2.16. The quantitative estimate of drug-likeness (QED) is 0.725. The fourth-order valence-corrected chi connectivity index (χ4v) is 2.63. The lowest BCUT2D eigenvalue weighted by molar-refractivity contribution is -0.137. The number of hydrogen-bond acceptors (Lipinski definition) is 5. The van der Waals surface area contributed by atoms with Gasteiger partial charge >= 0.3 is 5.97 Å². The van der Waals surface area contributed by atoms with Crippen LogP contribution in [-0.2, 0) is 14.6 Å². The van der Waals surface area contributed by atoms with Crippen molar-refractivity contribution in [2.45, 2.75) is 23.8 Å². The van der Waals surface area contributed by atoms with E-state index < -0.39 is 21.8 Å². The van der Waals surface area contributed by atoms with Crippen molar-refractivity contribution in [3.63, 3.8) is 0 Å². The van der Waals surface area contributed by atoms with Gasteiger partial charge in [-0.3, -0.25) is 4.79 Å². The first-order valence-electron chi connectivity index (χ1n) is 5.22. The van der Waals surface area contributed by atoms with E-state index in [4.69, 9.17) is 10.8 Å². The van der Waals surface area contributed by atoms with Crippen LogP contribution in [0.15, 0.2) is 23.1 Å². The largest absolute Gasteiger partial charge is 0.508 e. The predicted octanol–water partition coefficient (Wildman–Crippen LogP) is 0.660. The van der Waals surface area contributed by atoms with Gasteiger partial charge in [0.2, 0.25) is 0 Å². The highest BCUT2D eigenvalue weighted by Crippen LogP contribution is 2.31. The van der Waals surface area contributed by atoms with Crippen molar-refractivity contribution < 1.29 is 23.4 Å². The molecule has 0 saturated carbocycles. The second kappa shape index (κ2) is 5.36. The fraction of sp³-hybridized carbons (Fsp3) is 0.364. The molecule has 0 saturated heterocycles. The second-order valence-electron chi connectivity index (χ2n) is 4.00. The number of rotatable bonds is 5. The van der Waals surface area contributed by atoms with E-state index in [1.807, 2.05) is 0 Å². The Labute approximate surface area is 105 Å². The molecule has 6 nitrogen and oxygen atoms in total. The van der Waals surface area contributed by atoms with E-state index in [9.17, 15) is 18.3 Å². The van der Waals surface area contributed by atoms with Crippen molar-refractivity contribution in [3.8, 4) is 5.75 Å². The highest BCUT2D eigenvalue weighted by atomic mass is 32.2. The number of nitrogens with two attached hydrogens (primary N) is 1. The van der Waals surface area contributed by atoms with Crippen molar-refractivity contribution in [2.75, 3.05) is 6.26 Å². The zero-order chi connectivity index (χ0) is 13.9. The fourth-order valence-electron chi connectivity index (χ4n) is 1.65. The minimum Gasteiger partial charge on any atom is -0.508 e. The summed E-state index contributed by atoms with van der Waals surface area (Å²) in [7, 11) is -3.53.